The van der Waals surface area contributed by atoms with E-state index in [0.29, 0.717) is 37.8 Å². The number of carbonyl (C=O) groups excluding carboxylic acids is 1. The second-order valence-electron chi connectivity index (χ2n) is 6.64. The SMILES string of the molecule is CCNC(=NCc1ccc(OCC)c(F)c1)NCc1ccc(C(=O)N(C)C)cc1. The standard InChI is InChI=1S/C22H29FN4O2/c1-5-24-22(26-15-17-9-12-20(29-6-2)19(23)13-17)25-14-16-7-10-18(11-8-16)21(28)27(3)4/h7-13H,5-6,14-15H2,1-4H3,(H2,24,25,26). The summed E-state index contributed by atoms with van der Waals surface area (Å²) >= 11 is 0. The van der Waals surface area contributed by atoms with Crippen LogP contribution in [0.2, 0.25) is 0 Å². The van der Waals surface area contributed by atoms with Crippen molar-refractivity contribution < 1.29 is 13.9 Å². The predicted octanol–water partition coefficient (Wildman–Crippen LogP) is 3.18. The van der Waals surface area contributed by atoms with Crippen LogP contribution in [0.4, 0.5) is 4.39 Å². The number of hydrogen-bond donors (Lipinski definition) is 2. The number of hydrogen-bond acceptors (Lipinski definition) is 3. The molecule has 156 valence electrons. The molecule has 0 aliphatic carbocycles. The molecule has 2 aromatic rings. The normalized spacial score (nSPS) is 11.1. The van der Waals surface area contributed by atoms with Crippen molar-refractivity contribution in [2.45, 2.75) is 26.9 Å². The van der Waals surface area contributed by atoms with Gasteiger partial charge in [-0.05, 0) is 49.2 Å². The number of rotatable bonds is 8. The van der Waals surface area contributed by atoms with Crippen molar-refractivity contribution in [3.63, 3.8) is 0 Å². The van der Waals surface area contributed by atoms with Crippen LogP contribution in [-0.4, -0.2) is 44.0 Å². The van der Waals surface area contributed by atoms with Crippen molar-refractivity contribution in [3.8, 4) is 5.75 Å². The molecule has 0 radical (unpaired) electrons. The molecule has 0 unspecified atom stereocenters. The molecule has 7 heteroatoms. The third-order valence-electron chi connectivity index (χ3n) is 4.13. The van der Waals surface area contributed by atoms with Crippen molar-refractivity contribution in [1.29, 1.82) is 0 Å². The second kappa shape index (κ2) is 11.0. The number of guanidine groups is 1. The highest BCUT2D eigenvalue weighted by Crippen LogP contribution is 2.18. The Bertz CT molecular complexity index is 835. The maximum atomic E-state index is 14.0. The first kappa shape index (κ1) is 22.2. The van der Waals surface area contributed by atoms with Gasteiger partial charge in [-0.1, -0.05) is 18.2 Å². The van der Waals surface area contributed by atoms with Crippen molar-refractivity contribution in [2.24, 2.45) is 4.99 Å². The molecule has 2 aromatic carbocycles. The van der Waals surface area contributed by atoms with E-state index in [0.717, 1.165) is 11.1 Å². The molecule has 0 saturated carbocycles. The lowest BCUT2D eigenvalue weighted by Crippen LogP contribution is -2.36. The van der Waals surface area contributed by atoms with Gasteiger partial charge in [0.25, 0.3) is 5.91 Å². The zero-order chi connectivity index (χ0) is 21.2. The number of ether oxygens (including phenoxy) is 1. The Labute approximate surface area is 171 Å². The van der Waals surface area contributed by atoms with Crippen LogP contribution in [-0.2, 0) is 13.1 Å². The Hall–Kier alpha value is -3.09. The molecule has 2 rings (SSSR count). The Morgan fingerprint density at radius 2 is 1.76 bits per heavy atom. The summed E-state index contributed by atoms with van der Waals surface area (Å²) in [5.74, 6) is 0.476. The molecule has 0 saturated heterocycles. The molecule has 0 aromatic heterocycles. The third kappa shape index (κ3) is 6.78. The lowest BCUT2D eigenvalue weighted by Gasteiger charge is -2.13. The molecule has 0 heterocycles. The van der Waals surface area contributed by atoms with Crippen molar-refractivity contribution in [1.82, 2.24) is 15.5 Å². The van der Waals surface area contributed by atoms with Gasteiger partial charge in [0, 0.05) is 32.7 Å². The van der Waals surface area contributed by atoms with Crippen LogP contribution in [0.1, 0.15) is 35.3 Å². The average Bonchev–Trinajstić information content (AvgIpc) is 2.71. The molecule has 0 bridgehead atoms. The Morgan fingerprint density at radius 3 is 2.34 bits per heavy atom. The summed E-state index contributed by atoms with van der Waals surface area (Å²) in [6.07, 6.45) is 0. The minimum atomic E-state index is -0.384. The predicted molar refractivity (Wildman–Crippen MR) is 114 cm³/mol. The summed E-state index contributed by atoms with van der Waals surface area (Å²) in [5.41, 5.74) is 2.43. The fourth-order valence-corrected chi connectivity index (χ4v) is 2.64. The van der Waals surface area contributed by atoms with Crippen LogP contribution in [0.25, 0.3) is 0 Å². The van der Waals surface area contributed by atoms with Gasteiger partial charge in [-0.15, -0.1) is 0 Å². The van der Waals surface area contributed by atoms with Gasteiger partial charge in [0.2, 0.25) is 0 Å². The molecule has 0 atom stereocenters. The zero-order valence-corrected chi connectivity index (χ0v) is 17.5. The topological polar surface area (TPSA) is 66.0 Å². The van der Waals surface area contributed by atoms with Crippen molar-refractivity contribution in [3.05, 3.63) is 65.0 Å². The molecule has 0 fully saturated rings. The summed E-state index contributed by atoms with van der Waals surface area (Å²) in [7, 11) is 3.46. The van der Waals surface area contributed by atoms with E-state index < -0.39 is 0 Å². The van der Waals surface area contributed by atoms with Gasteiger partial charge in [0.15, 0.2) is 17.5 Å². The first-order chi connectivity index (χ1) is 13.9. The van der Waals surface area contributed by atoms with E-state index >= 15 is 0 Å². The summed E-state index contributed by atoms with van der Waals surface area (Å²) in [6, 6.07) is 12.3. The lowest BCUT2D eigenvalue weighted by atomic mass is 10.1. The number of nitrogens with one attached hydrogen (secondary N) is 2. The van der Waals surface area contributed by atoms with Crippen molar-refractivity contribution in [2.75, 3.05) is 27.2 Å². The van der Waals surface area contributed by atoms with Gasteiger partial charge in [-0.2, -0.15) is 0 Å². The Balaban J connectivity index is 1.99. The van der Waals surface area contributed by atoms with Crippen LogP contribution >= 0.6 is 0 Å². The summed E-state index contributed by atoms with van der Waals surface area (Å²) in [5, 5.41) is 6.42. The van der Waals surface area contributed by atoms with Crippen LogP contribution in [0.5, 0.6) is 5.75 Å². The van der Waals surface area contributed by atoms with Crippen LogP contribution in [0, 0.1) is 5.82 Å². The smallest absolute Gasteiger partial charge is 0.253 e. The molecular weight excluding hydrogens is 371 g/mol. The molecule has 2 N–H and O–H groups in total. The first-order valence-corrected chi connectivity index (χ1v) is 9.68. The maximum absolute atomic E-state index is 14.0. The Morgan fingerprint density at radius 1 is 1.07 bits per heavy atom. The number of carbonyl (C=O) groups is 1. The van der Waals surface area contributed by atoms with E-state index in [9.17, 15) is 9.18 Å². The molecular formula is C22H29FN4O2. The third-order valence-corrected chi connectivity index (χ3v) is 4.13. The quantitative estimate of drug-likeness (QED) is 0.528. The fraction of sp³-hybridized carbons (Fsp3) is 0.364. The number of benzene rings is 2. The van der Waals surface area contributed by atoms with Crippen molar-refractivity contribution >= 4 is 11.9 Å². The monoisotopic (exact) mass is 400 g/mol. The van der Waals surface area contributed by atoms with Crippen LogP contribution in [0.15, 0.2) is 47.5 Å². The lowest BCUT2D eigenvalue weighted by molar-refractivity contribution is 0.0827. The van der Waals surface area contributed by atoms with E-state index in [1.165, 1.54) is 6.07 Å². The van der Waals surface area contributed by atoms with Gasteiger partial charge in [-0.25, -0.2) is 9.38 Å². The fourth-order valence-electron chi connectivity index (χ4n) is 2.64. The molecule has 0 spiro atoms. The summed E-state index contributed by atoms with van der Waals surface area (Å²) in [6.45, 7) is 5.83. The maximum Gasteiger partial charge on any atom is 0.253 e. The van der Waals surface area contributed by atoms with E-state index in [1.54, 1.807) is 25.1 Å². The average molecular weight is 400 g/mol. The van der Waals surface area contributed by atoms with Gasteiger partial charge >= 0.3 is 0 Å². The summed E-state index contributed by atoms with van der Waals surface area (Å²) < 4.78 is 19.2. The van der Waals surface area contributed by atoms with E-state index in [-0.39, 0.29) is 17.5 Å². The number of halogens is 1. The van der Waals surface area contributed by atoms with E-state index in [2.05, 4.69) is 15.6 Å². The van der Waals surface area contributed by atoms with Crippen LogP contribution < -0.4 is 15.4 Å². The minimum Gasteiger partial charge on any atom is -0.491 e. The second-order valence-corrected chi connectivity index (χ2v) is 6.64. The minimum absolute atomic E-state index is 0.0259. The first-order valence-electron chi connectivity index (χ1n) is 9.68. The van der Waals surface area contributed by atoms with Crippen LogP contribution in [0.3, 0.4) is 0 Å². The van der Waals surface area contributed by atoms with Gasteiger partial charge in [-0.3, -0.25) is 4.79 Å². The largest absolute Gasteiger partial charge is 0.491 e. The molecule has 6 nitrogen and oxygen atoms in total. The molecule has 29 heavy (non-hydrogen) atoms. The number of nitrogens with zero attached hydrogens (tertiary/aromatic N) is 2. The number of aliphatic imine (C=N–C) groups is 1. The molecule has 1 amide bonds. The zero-order valence-electron chi connectivity index (χ0n) is 17.5. The highest BCUT2D eigenvalue weighted by molar-refractivity contribution is 5.93. The molecule has 0 aliphatic rings. The molecule has 0 aliphatic heterocycles. The number of amides is 1. The van der Waals surface area contributed by atoms with Gasteiger partial charge < -0.3 is 20.3 Å². The Kier molecular flexibility index (Phi) is 8.45. The van der Waals surface area contributed by atoms with Gasteiger partial charge in [0.1, 0.15) is 0 Å². The summed E-state index contributed by atoms with van der Waals surface area (Å²) in [4.78, 5) is 18.0. The van der Waals surface area contributed by atoms with E-state index in [1.807, 2.05) is 44.2 Å². The van der Waals surface area contributed by atoms with E-state index in [4.69, 9.17) is 4.74 Å². The highest BCUT2D eigenvalue weighted by Gasteiger charge is 2.08. The highest BCUT2D eigenvalue weighted by atomic mass is 19.1. The van der Waals surface area contributed by atoms with Gasteiger partial charge in [0.05, 0.1) is 13.2 Å².